The first-order valence-electron chi connectivity index (χ1n) is 5.44. The summed E-state index contributed by atoms with van der Waals surface area (Å²) in [6, 6.07) is 3.91. The first kappa shape index (κ1) is 11.0. The lowest BCUT2D eigenvalue weighted by molar-refractivity contribution is 0.936. The summed E-state index contributed by atoms with van der Waals surface area (Å²) in [7, 11) is 0. The average Bonchev–Trinajstić information content (AvgIpc) is 2.92. The van der Waals surface area contributed by atoms with Crippen LogP contribution in [0.2, 0.25) is 0 Å². The molecule has 92 valence electrons. The predicted octanol–water partition coefficient (Wildman–Crippen LogP) is 1.40. The molecule has 0 saturated heterocycles. The van der Waals surface area contributed by atoms with E-state index < -0.39 is 0 Å². The van der Waals surface area contributed by atoms with Crippen LogP contribution in [0.3, 0.4) is 0 Å². The minimum absolute atomic E-state index is 0.0506. The molecule has 0 aliphatic carbocycles. The summed E-state index contributed by atoms with van der Waals surface area (Å²) in [4.78, 5) is 18.0. The first-order chi connectivity index (χ1) is 8.70. The Morgan fingerprint density at radius 1 is 1.50 bits per heavy atom. The summed E-state index contributed by atoms with van der Waals surface area (Å²) in [5.74, 6) is 0.549. The Morgan fingerprint density at radius 2 is 2.39 bits per heavy atom. The van der Waals surface area contributed by atoms with Gasteiger partial charge in [-0.2, -0.15) is 4.98 Å². The maximum absolute atomic E-state index is 11.0. The second-order valence-electron chi connectivity index (χ2n) is 3.97. The molecule has 0 aromatic carbocycles. The van der Waals surface area contributed by atoms with Crippen LogP contribution < -0.4 is 10.2 Å². The second kappa shape index (κ2) is 4.26. The van der Waals surface area contributed by atoms with Crippen LogP contribution in [0.4, 0.5) is 5.95 Å². The van der Waals surface area contributed by atoms with Crippen LogP contribution in [-0.2, 0) is 6.54 Å². The molecule has 0 aliphatic heterocycles. The minimum Gasteiger partial charge on any atom is -0.347 e. The number of aromatic nitrogens is 4. The number of fused-ring (bicyclic) bond motifs is 1. The van der Waals surface area contributed by atoms with Crippen molar-refractivity contribution in [2.45, 2.75) is 13.5 Å². The van der Waals surface area contributed by atoms with Crippen LogP contribution in [0.5, 0.6) is 0 Å². The third-order valence-electron chi connectivity index (χ3n) is 2.49. The highest BCUT2D eigenvalue weighted by atomic mass is 32.1. The number of hydrogen-bond acceptors (Lipinski definition) is 5. The maximum atomic E-state index is 11.0. The minimum atomic E-state index is -0.0506. The fraction of sp³-hybridized carbons (Fsp3) is 0.182. The maximum Gasteiger partial charge on any atom is 0.304 e. The molecule has 0 spiro atoms. The Hall–Kier alpha value is -2.15. The van der Waals surface area contributed by atoms with E-state index in [0.717, 1.165) is 28.2 Å². The molecule has 3 aromatic rings. The molecule has 0 radical (unpaired) electrons. The number of nitrogens with one attached hydrogen (secondary N) is 2. The van der Waals surface area contributed by atoms with Gasteiger partial charge in [0.2, 0.25) is 5.95 Å². The van der Waals surface area contributed by atoms with Crippen molar-refractivity contribution in [3.63, 3.8) is 0 Å². The number of hydrogen-bond donors (Lipinski definition) is 2. The smallest absolute Gasteiger partial charge is 0.304 e. The molecule has 0 saturated carbocycles. The van der Waals surface area contributed by atoms with E-state index >= 15 is 0 Å². The quantitative estimate of drug-likeness (QED) is 0.747. The van der Waals surface area contributed by atoms with Gasteiger partial charge in [0.1, 0.15) is 0 Å². The van der Waals surface area contributed by atoms with Gasteiger partial charge < -0.3 is 10.3 Å². The van der Waals surface area contributed by atoms with E-state index in [-0.39, 0.29) is 4.87 Å². The lowest BCUT2D eigenvalue weighted by Crippen LogP contribution is -2.04. The van der Waals surface area contributed by atoms with Crippen molar-refractivity contribution in [1.29, 1.82) is 0 Å². The largest absolute Gasteiger partial charge is 0.347 e. The highest BCUT2D eigenvalue weighted by molar-refractivity contribution is 7.07. The molecular formula is C11H11N5OS. The summed E-state index contributed by atoms with van der Waals surface area (Å²) in [5, 5.41) is 9.16. The van der Waals surface area contributed by atoms with Crippen molar-refractivity contribution in [2.75, 3.05) is 5.32 Å². The number of anilines is 1. The highest BCUT2D eigenvalue weighted by Crippen LogP contribution is 2.08. The molecular weight excluding hydrogens is 250 g/mol. The summed E-state index contributed by atoms with van der Waals surface area (Å²) < 4.78 is 1.73. The van der Waals surface area contributed by atoms with E-state index in [2.05, 4.69) is 20.4 Å². The molecule has 18 heavy (non-hydrogen) atoms. The normalized spacial score (nSPS) is 10.9. The molecule has 3 rings (SSSR count). The molecule has 7 heteroatoms. The molecule has 3 heterocycles. The van der Waals surface area contributed by atoms with Gasteiger partial charge in [-0.1, -0.05) is 17.4 Å². The third-order valence-corrected chi connectivity index (χ3v) is 3.21. The molecule has 0 aliphatic rings. The number of pyridine rings is 1. The van der Waals surface area contributed by atoms with E-state index in [1.54, 1.807) is 9.90 Å². The standard InChI is InChI=1S/C11H11N5OS/c1-7-2-3-9-14-10(15-16(9)5-7)12-4-8-6-18-11(17)13-8/h2-3,5-6H,4H2,1H3,(H,12,15)(H,13,17). The lowest BCUT2D eigenvalue weighted by Gasteiger charge is -1.96. The number of H-pyrrole nitrogens is 1. The second-order valence-corrected chi connectivity index (χ2v) is 4.81. The van der Waals surface area contributed by atoms with Crippen LogP contribution in [0.25, 0.3) is 5.65 Å². The molecule has 3 aromatic heterocycles. The van der Waals surface area contributed by atoms with Gasteiger partial charge in [-0.25, -0.2) is 4.52 Å². The fourth-order valence-electron chi connectivity index (χ4n) is 1.64. The summed E-state index contributed by atoms with van der Waals surface area (Å²) in [6.07, 6.45) is 1.92. The zero-order valence-electron chi connectivity index (χ0n) is 9.67. The molecule has 6 nitrogen and oxygen atoms in total. The van der Waals surface area contributed by atoms with Gasteiger partial charge in [-0.15, -0.1) is 5.10 Å². The van der Waals surface area contributed by atoms with Crippen LogP contribution in [-0.4, -0.2) is 19.6 Å². The van der Waals surface area contributed by atoms with Crippen molar-refractivity contribution in [3.05, 3.63) is 44.6 Å². The van der Waals surface area contributed by atoms with Gasteiger partial charge in [0.05, 0.1) is 6.54 Å². The number of nitrogens with zero attached hydrogens (tertiary/aromatic N) is 3. The Bertz CT molecular complexity index is 741. The van der Waals surface area contributed by atoms with E-state index in [4.69, 9.17) is 0 Å². The van der Waals surface area contributed by atoms with Crippen LogP contribution in [0.15, 0.2) is 28.5 Å². The molecule has 0 unspecified atom stereocenters. The zero-order valence-corrected chi connectivity index (χ0v) is 10.5. The first-order valence-corrected chi connectivity index (χ1v) is 6.32. The van der Waals surface area contributed by atoms with E-state index in [1.165, 1.54) is 0 Å². The van der Waals surface area contributed by atoms with Gasteiger partial charge >= 0.3 is 4.87 Å². The van der Waals surface area contributed by atoms with Crippen molar-refractivity contribution < 1.29 is 0 Å². The summed E-state index contributed by atoms with van der Waals surface area (Å²) in [5.41, 5.74) is 2.75. The molecule has 0 atom stereocenters. The van der Waals surface area contributed by atoms with E-state index in [9.17, 15) is 4.79 Å². The van der Waals surface area contributed by atoms with Gasteiger partial charge in [-0.05, 0) is 18.6 Å². The van der Waals surface area contributed by atoms with Crippen molar-refractivity contribution in [3.8, 4) is 0 Å². The highest BCUT2D eigenvalue weighted by Gasteiger charge is 2.03. The van der Waals surface area contributed by atoms with E-state index in [1.807, 2.05) is 25.3 Å². The van der Waals surface area contributed by atoms with Crippen LogP contribution in [0.1, 0.15) is 11.3 Å². The summed E-state index contributed by atoms with van der Waals surface area (Å²) in [6.45, 7) is 2.51. The van der Waals surface area contributed by atoms with Gasteiger partial charge in [-0.3, -0.25) is 4.79 Å². The SMILES string of the molecule is Cc1ccc2nc(NCc3csc(=O)[nH]3)nn2c1. The van der Waals surface area contributed by atoms with Crippen LogP contribution in [0, 0.1) is 6.92 Å². The molecule has 0 bridgehead atoms. The molecule has 0 amide bonds. The third kappa shape index (κ3) is 2.12. The number of aromatic amines is 1. The fourth-order valence-corrected chi connectivity index (χ4v) is 2.22. The van der Waals surface area contributed by atoms with Crippen molar-refractivity contribution in [2.24, 2.45) is 0 Å². The van der Waals surface area contributed by atoms with Gasteiger partial charge in [0.15, 0.2) is 5.65 Å². The van der Waals surface area contributed by atoms with E-state index in [0.29, 0.717) is 12.5 Å². The number of aryl methyl sites for hydroxylation is 1. The Labute approximate surface area is 106 Å². The molecule has 0 fully saturated rings. The topological polar surface area (TPSA) is 75.1 Å². The Balaban J connectivity index is 1.80. The van der Waals surface area contributed by atoms with Crippen LogP contribution >= 0.6 is 11.3 Å². The predicted molar refractivity (Wildman–Crippen MR) is 70.0 cm³/mol. The zero-order chi connectivity index (χ0) is 12.5. The number of rotatable bonds is 3. The lowest BCUT2D eigenvalue weighted by atomic mass is 10.3. The van der Waals surface area contributed by atoms with Crippen molar-refractivity contribution >= 4 is 22.9 Å². The average molecular weight is 261 g/mol. The van der Waals surface area contributed by atoms with Crippen molar-refractivity contribution in [1.82, 2.24) is 19.6 Å². The Morgan fingerprint density at radius 3 is 3.17 bits per heavy atom. The van der Waals surface area contributed by atoms with Gasteiger partial charge in [0, 0.05) is 17.3 Å². The Kier molecular flexibility index (Phi) is 2.60. The molecule has 2 N–H and O–H groups in total. The van der Waals surface area contributed by atoms with Gasteiger partial charge in [0.25, 0.3) is 0 Å². The number of thiazole rings is 1. The summed E-state index contributed by atoms with van der Waals surface area (Å²) >= 11 is 1.15. The monoisotopic (exact) mass is 261 g/mol.